The standard InChI is InChI=1S/C13H21N/c1-10(2)12(4)6-8-13-7-5-11(3)9-14-13/h5,7,9-10,12H,6,8H2,1-4H3. The molecule has 1 aromatic heterocycles. The first-order chi connectivity index (χ1) is 6.59. The maximum Gasteiger partial charge on any atom is 0.0403 e. The van der Waals surface area contributed by atoms with Gasteiger partial charge in [-0.25, -0.2) is 0 Å². The van der Waals surface area contributed by atoms with Gasteiger partial charge in [0, 0.05) is 11.9 Å². The fourth-order valence-corrected chi connectivity index (χ4v) is 1.36. The summed E-state index contributed by atoms with van der Waals surface area (Å²) in [5.74, 6) is 1.57. The highest BCUT2D eigenvalue weighted by Crippen LogP contribution is 2.16. The number of aromatic nitrogens is 1. The third-order valence-corrected chi connectivity index (χ3v) is 2.97. The summed E-state index contributed by atoms with van der Waals surface area (Å²) >= 11 is 0. The van der Waals surface area contributed by atoms with Crippen molar-refractivity contribution in [3.63, 3.8) is 0 Å². The molecule has 0 bridgehead atoms. The molecule has 1 nitrogen and oxygen atoms in total. The van der Waals surface area contributed by atoms with Crippen LogP contribution in [0.1, 0.15) is 38.4 Å². The van der Waals surface area contributed by atoms with Crippen LogP contribution in [0.25, 0.3) is 0 Å². The second kappa shape index (κ2) is 5.14. The van der Waals surface area contributed by atoms with Gasteiger partial charge in [0.1, 0.15) is 0 Å². The molecule has 0 N–H and O–H groups in total. The Balaban J connectivity index is 2.42. The first kappa shape index (κ1) is 11.2. The van der Waals surface area contributed by atoms with Crippen LogP contribution in [0.4, 0.5) is 0 Å². The van der Waals surface area contributed by atoms with Crippen molar-refractivity contribution in [1.82, 2.24) is 4.98 Å². The molecule has 1 aromatic rings. The van der Waals surface area contributed by atoms with Crippen LogP contribution in [0.2, 0.25) is 0 Å². The fourth-order valence-electron chi connectivity index (χ4n) is 1.36. The van der Waals surface area contributed by atoms with Crippen molar-refractivity contribution in [2.75, 3.05) is 0 Å². The summed E-state index contributed by atoms with van der Waals surface area (Å²) in [4.78, 5) is 4.41. The zero-order valence-corrected chi connectivity index (χ0v) is 9.75. The van der Waals surface area contributed by atoms with Gasteiger partial charge in [-0.1, -0.05) is 26.8 Å². The number of hydrogen-bond donors (Lipinski definition) is 0. The zero-order chi connectivity index (χ0) is 10.6. The molecule has 1 heteroatoms. The van der Waals surface area contributed by atoms with Gasteiger partial charge in [-0.15, -0.1) is 0 Å². The van der Waals surface area contributed by atoms with Crippen LogP contribution in [0.3, 0.4) is 0 Å². The van der Waals surface area contributed by atoms with Crippen molar-refractivity contribution in [3.05, 3.63) is 29.6 Å². The lowest BCUT2D eigenvalue weighted by atomic mass is 9.92. The van der Waals surface area contributed by atoms with Crippen LogP contribution in [0, 0.1) is 18.8 Å². The van der Waals surface area contributed by atoms with E-state index in [4.69, 9.17) is 0 Å². The molecule has 0 saturated carbocycles. The van der Waals surface area contributed by atoms with Gasteiger partial charge >= 0.3 is 0 Å². The van der Waals surface area contributed by atoms with Gasteiger partial charge in [0.25, 0.3) is 0 Å². The number of pyridine rings is 1. The highest BCUT2D eigenvalue weighted by atomic mass is 14.7. The summed E-state index contributed by atoms with van der Waals surface area (Å²) < 4.78 is 0. The molecular weight excluding hydrogens is 170 g/mol. The minimum atomic E-state index is 0.778. The predicted molar refractivity (Wildman–Crippen MR) is 61.3 cm³/mol. The Labute approximate surface area is 87.6 Å². The van der Waals surface area contributed by atoms with Crippen LogP contribution in [-0.2, 0) is 6.42 Å². The molecule has 0 saturated heterocycles. The minimum absolute atomic E-state index is 0.778. The van der Waals surface area contributed by atoms with E-state index in [1.165, 1.54) is 17.7 Å². The Bertz CT molecular complexity index is 261. The van der Waals surface area contributed by atoms with Gasteiger partial charge in [0.15, 0.2) is 0 Å². The molecule has 0 amide bonds. The van der Waals surface area contributed by atoms with E-state index in [1.807, 2.05) is 6.20 Å². The van der Waals surface area contributed by atoms with Gasteiger partial charge in [-0.3, -0.25) is 4.98 Å². The lowest BCUT2D eigenvalue weighted by Crippen LogP contribution is -2.05. The second-order valence-corrected chi connectivity index (χ2v) is 4.59. The Morgan fingerprint density at radius 1 is 1.21 bits per heavy atom. The van der Waals surface area contributed by atoms with Gasteiger partial charge in [-0.05, 0) is 43.2 Å². The summed E-state index contributed by atoms with van der Waals surface area (Å²) in [6.45, 7) is 8.97. The average Bonchev–Trinajstić information content (AvgIpc) is 2.16. The van der Waals surface area contributed by atoms with Crippen LogP contribution < -0.4 is 0 Å². The number of rotatable bonds is 4. The van der Waals surface area contributed by atoms with Gasteiger partial charge < -0.3 is 0 Å². The average molecular weight is 191 g/mol. The minimum Gasteiger partial charge on any atom is -0.261 e. The predicted octanol–water partition coefficient (Wildman–Crippen LogP) is 3.61. The van der Waals surface area contributed by atoms with Gasteiger partial charge in [-0.2, -0.15) is 0 Å². The van der Waals surface area contributed by atoms with Crippen molar-refractivity contribution in [2.24, 2.45) is 11.8 Å². The van der Waals surface area contributed by atoms with Crippen molar-refractivity contribution in [3.8, 4) is 0 Å². The van der Waals surface area contributed by atoms with Crippen molar-refractivity contribution >= 4 is 0 Å². The van der Waals surface area contributed by atoms with E-state index in [1.54, 1.807) is 0 Å². The summed E-state index contributed by atoms with van der Waals surface area (Å²) in [6, 6.07) is 4.28. The monoisotopic (exact) mass is 191 g/mol. The molecular formula is C13H21N. The number of nitrogens with zero attached hydrogens (tertiary/aromatic N) is 1. The number of aryl methyl sites for hydroxylation is 2. The smallest absolute Gasteiger partial charge is 0.0403 e. The maximum atomic E-state index is 4.41. The summed E-state index contributed by atoms with van der Waals surface area (Å²) in [6.07, 6.45) is 4.31. The summed E-state index contributed by atoms with van der Waals surface area (Å²) in [7, 11) is 0. The molecule has 1 rings (SSSR count). The Morgan fingerprint density at radius 3 is 2.43 bits per heavy atom. The first-order valence-corrected chi connectivity index (χ1v) is 5.51. The molecule has 0 aromatic carbocycles. The summed E-state index contributed by atoms with van der Waals surface area (Å²) in [5.41, 5.74) is 2.47. The molecule has 0 aliphatic carbocycles. The van der Waals surface area contributed by atoms with Crippen LogP contribution in [0.5, 0.6) is 0 Å². The van der Waals surface area contributed by atoms with E-state index in [0.717, 1.165) is 18.3 Å². The van der Waals surface area contributed by atoms with Gasteiger partial charge in [0.05, 0.1) is 0 Å². The molecule has 14 heavy (non-hydrogen) atoms. The van der Waals surface area contributed by atoms with E-state index < -0.39 is 0 Å². The lowest BCUT2D eigenvalue weighted by Gasteiger charge is -2.14. The van der Waals surface area contributed by atoms with Crippen LogP contribution in [0.15, 0.2) is 18.3 Å². The Kier molecular flexibility index (Phi) is 4.12. The third-order valence-electron chi connectivity index (χ3n) is 2.97. The first-order valence-electron chi connectivity index (χ1n) is 5.51. The molecule has 1 heterocycles. The van der Waals surface area contributed by atoms with E-state index in [9.17, 15) is 0 Å². The van der Waals surface area contributed by atoms with Crippen LogP contribution in [-0.4, -0.2) is 4.98 Å². The van der Waals surface area contributed by atoms with E-state index in [-0.39, 0.29) is 0 Å². The Morgan fingerprint density at radius 2 is 1.93 bits per heavy atom. The van der Waals surface area contributed by atoms with Crippen molar-refractivity contribution in [2.45, 2.75) is 40.5 Å². The van der Waals surface area contributed by atoms with E-state index in [2.05, 4.69) is 44.8 Å². The quantitative estimate of drug-likeness (QED) is 0.708. The molecule has 78 valence electrons. The molecule has 0 spiro atoms. The largest absolute Gasteiger partial charge is 0.261 e. The fraction of sp³-hybridized carbons (Fsp3) is 0.615. The second-order valence-electron chi connectivity index (χ2n) is 4.59. The third kappa shape index (κ3) is 3.49. The lowest BCUT2D eigenvalue weighted by molar-refractivity contribution is 0.391. The Hall–Kier alpha value is -0.850. The van der Waals surface area contributed by atoms with Crippen molar-refractivity contribution in [1.29, 1.82) is 0 Å². The summed E-state index contributed by atoms with van der Waals surface area (Å²) in [5, 5.41) is 0. The van der Waals surface area contributed by atoms with Crippen LogP contribution >= 0.6 is 0 Å². The van der Waals surface area contributed by atoms with E-state index in [0.29, 0.717) is 0 Å². The number of hydrogen-bond acceptors (Lipinski definition) is 1. The highest BCUT2D eigenvalue weighted by Gasteiger charge is 2.07. The zero-order valence-electron chi connectivity index (χ0n) is 9.75. The highest BCUT2D eigenvalue weighted by molar-refractivity contribution is 5.12. The SMILES string of the molecule is Cc1ccc(CCC(C)C(C)C)nc1. The molecule has 1 atom stereocenters. The molecule has 0 radical (unpaired) electrons. The van der Waals surface area contributed by atoms with E-state index >= 15 is 0 Å². The molecule has 1 unspecified atom stereocenters. The normalized spacial score (nSPS) is 13.2. The maximum absolute atomic E-state index is 4.41. The molecule has 0 aliphatic rings. The molecule has 0 fully saturated rings. The van der Waals surface area contributed by atoms with Crippen molar-refractivity contribution < 1.29 is 0 Å². The molecule has 0 aliphatic heterocycles. The van der Waals surface area contributed by atoms with Gasteiger partial charge in [0.2, 0.25) is 0 Å². The topological polar surface area (TPSA) is 12.9 Å².